The van der Waals surface area contributed by atoms with Gasteiger partial charge in [-0.05, 0) is 25.1 Å². The van der Waals surface area contributed by atoms with Gasteiger partial charge in [0, 0.05) is 24.7 Å². The number of hydrogen-bond acceptors (Lipinski definition) is 4. The predicted molar refractivity (Wildman–Crippen MR) is 88.5 cm³/mol. The molecule has 2 aromatic heterocycles. The van der Waals surface area contributed by atoms with E-state index in [1.807, 2.05) is 19.1 Å². The summed E-state index contributed by atoms with van der Waals surface area (Å²) in [5, 5.41) is 3.41. The molecular weight excluding hydrogens is 329 g/mol. The van der Waals surface area contributed by atoms with Gasteiger partial charge in [-0.1, -0.05) is 23.2 Å². The molecule has 7 heteroatoms. The normalized spacial score (nSPS) is 10.5. The van der Waals surface area contributed by atoms with Crippen molar-refractivity contribution in [3.63, 3.8) is 0 Å². The summed E-state index contributed by atoms with van der Waals surface area (Å²) in [7, 11) is 1.74. The standard InChI is InChI=1S/C14H15Cl2N3OS/c1-3-17-13-6-10(11(15)7-18-13)14(20)19(2)8-9-4-5-12(16)21-9/h4-7H,3,8H2,1-2H3,(H,17,18). The van der Waals surface area contributed by atoms with Crippen LogP contribution in [0.1, 0.15) is 22.2 Å². The van der Waals surface area contributed by atoms with E-state index >= 15 is 0 Å². The predicted octanol–water partition coefficient (Wildman–Crippen LogP) is 4.15. The van der Waals surface area contributed by atoms with Crippen LogP contribution in [0, 0.1) is 0 Å². The number of nitrogens with one attached hydrogen (secondary N) is 1. The first-order chi connectivity index (χ1) is 10.0. The fourth-order valence-electron chi connectivity index (χ4n) is 1.83. The molecule has 0 aliphatic carbocycles. The Hall–Kier alpha value is -1.30. The number of rotatable bonds is 5. The van der Waals surface area contributed by atoms with Gasteiger partial charge in [0.25, 0.3) is 5.91 Å². The van der Waals surface area contributed by atoms with Crippen molar-refractivity contribution < 1.29 is 4.79 Å². The van der Waals surface area contributed by atoms with Crippen molar-refractivity contribution in [3.8, 4) is 0 Å². The summed E-state index contributed by atoms with van der Waals surface area (Å²) in [5.41, 5.74) is 0.438. The molecule has 0 aliphatic heterocycles. The highest BCUT2D eigenvalue weighted by atomic mass is 35.5. The first-order valence-electron chi connectivity index (χ1n) is 6.40. The van der Waals surface area contributed by atoms with Gasteiger partial charge >= 0.3 is 0 Å². The topological polar surface area (TPSA) is 45.2 Å². The minimum atomic E-state index is -0.147. The van der Waals surface area contributed by atoms with Crippen LogP contribution in [0.5, 0.6) is 0 Å². The number of pyridine rings is 1. The largest absolute Gasteiger partial charge is 0.370 e. The summed E-state index contributed by atoms with van der Waals surface area (Å²) in [6, 6.07) is 5.41. The van der Waals surface area contributed by atoms with Crippen molar-refractivity contribution in [3.05, 3.63) is 44.2 Å². The Morgan fingerprint density at radius 2 is 2.19 bits per heavy atom. The number of carbonyl (C=O) groups is 1. The summed E-state index contributed by atoms with van der Waals surface area (Å²) in [6.45, 7) is 3.18. The highest BCUT2D eigenvalue weighted by Crippen LogP contribution is 2.24. The Kier molecular flexibility index (Phi) is 5.45. The molecule has 2 heterocycles. The average molecular weight is 344 g/mol. The van der Waals surface area contributed by atoms with Gasteiger partial charge < -0.3 is 10.2 Å². The van der Waals surface area contributed by atoms with E-state index in [0.29, 0.717) is 27.3 Å². The van der Waals surface area contributed by atoms with Gasteiger partial charge in [-0.2, -0.15) is 0 Å². The number of anilines is 1. The number of carbonyl (C=O) groups excluding carboxylic acids is 1. The number of aromatic nitrogens is 1. The lowest BCUT2D eigenvalue weighted by Crippen LogP contribution is -2.26. The Morgan fingerprint density at radius 1 is 1.43 bits per heavy atom. The van der Waals surface area contributed by atoms with Crippen LogP contribution in [0.2, 0.25) is 9.36 Å². The monoisotopic (exact) mass is 343 g/mol. The van der Waals surface area contributed by atoms with Crippen LogP contribution < -0.4 is 5.32 Å². The van der Waals surface area contributed by atoms with Gasteiger partial charge in [-0.25, -0.2) is 4.98 Å². The van der Waals surface area contributed by atoms with Gasteiger partial charge in [0.15, 0.2) is 0 Å². The third-order valence-electron chi connectivity index (χ3n) is 2.81. The molecule has 0 radical (unpaired) electrons. The lowest BCUT2D eigenvalue weighted by atomic mass is 10.2. The summed E-state index contributed by atoms with van der Waals surface area (Å²) in [5.74, 6) is 0.490. The number of hydrogen-bond donors (Lipinski definition) is 1. The van der Waals surface area contributed by atoms with Crippen molar-refractivity contribution in [1.29, 1.82) is 0 Å². The molecular formula is C14H15Cl2N3OS. The van der Waals surface area contributed by atoms with Gasteiger partial charge in [-0.15, -0.1) is 11.3 Å². The van der Waals surface area contributed by atoms with Crippen LogP contribution in [0.4, 0.5) is 5.82 Å². The zero-order valence-corrected chi connectivity index (χ0v) is 14.0. The molecule has 2 aromatic rings. The maximum absolute atomic E-state index is 12.5. The molecule has 1 amide bonds. The second-order valence-corrected chi connectivity index (χ2v) is 6.65. The van der Waals surface area contributed by atoms with Gasteiger partial charge in [-0.3, -0.25) is 4.79 Å². The molecule has 0 spiro atoms. The lowest BCUT2D eigenvalue weighted by Gasteiger charge is -2.17. The van der Waals surface area contributed by atoms with Gasteiger partial charge in [0.1, 0.15) is 5.82 Å². The second kappa shape index (κ2) is 7.11. The molecule has 0 saturated carbocycles. The van der Waals surface area contributed by atoms with E-state index < -0.39 is 0 Å². The Labute approximate surface area is 137 Å². The van der Waals surface area contributed by atoms with Crippen LogP contribution in [0.15, 0.2) is 24.4 Å². The third-order valence-corrected chi connectivity index (χ3v) is 4.33. The summed E-state index contributed by atoms with van der Waals surface area (Å²) in [6.07, 6.45) is 1.49. The van der Waals surface area contributed by atoms with E-state index in [1.165, 1.54) is 17.5 Å². The van der Waals surface area contributed by atoms with E-state index in [2.05, 4.69) is 10.3 Å². The van der Waals surface area contributed by atoms with Crippen molar-refractivity contribution in [2.75, 3.05) is 18.9 Å². The summed E-state index contributed by atoms with van der Waals surface area (Å²) in [4.78, 5) is 19.3. The maximum atomic E-state index is 12.5. The zero-order chi connectivity index (χ0) is 15.4. The third kappa shape index (κ3) is 4.09. The number of halogens is 2. The molecule has 0 saturated heterocycles. The summed E-state index contributed by atoms with van der Waals surface area (Å²) >= 11 is 13.4. The van der Waals surface area contributed by atoms with Gasteiger partial charge in [0.05, 0.1) is 21.5 Å². The quantitative estimate of drug-likeness (QED) is 0.886. The van der Waals surface area contributed by atoms with E-state index in [9.17, 15) is 4.79 Å². The highest BCUT2D eigenvalue weighted by molar-refractivity contribution is 7.16. The van der Waals surface area contributed by atoms with Crippen LogP contribution in [-0.4, -0.2) is 29.4 Å². The number of nitrogens with zero attached hydrogens (tertiary/aromatic N) is 2. The van der Waals surface area contributed by atoms with Crippen LogP contribution in [0.3, 0.4) is 0 Å². The van der Waals surface area contributed by atoms with Crippen LogP contribution in [0.25, 0.3) is 0 Å². The molecule has 0 bridgehead atoms. The highest BCUT2D eigenvalue weighted by Gasteiger charge is 2.17. The first-order valence-corrected chi connectivity index (χ1v) is 7.97. The lowest BCUT2D eigenvalue weighted by molar-refractivity contribution is 0.0786. The maximum Gasteiger partial charge on any atom is 0.255 e. The molecule has 0 unspecified atom stereocenters. The first kappa shape index (κ1) is 16.1. The minimum absolute atomic E-state index is 0.147. The van der Waals surface area contributed by atoms with Crippen molar-refractivity contribution >= 4 is 46.3 Å². The molecule has 0 atom stereocenters. The van der Waals surface area contributed by atoms with Crippen molar-refractivity contribution in [2.24, 2.45) is 0 Å². The zero-order valence-electron chi connectivity index (χ0n) is 11.7. The Bertz CT molecular complexity index is 645. The van der Waals surface area contributed by atoms with E-state index in [-0.39, 0.29) is 5.91 Å². The molecule has 0 fully saturated rings. The van der Waals surface area contributed by atoms with Crippen molar-refractivity contribution in [2.45, 2.75) is 13.5 Å². The van der Waals surface area contributed by atoms with Gasteiger partial charge in [0.2, 0.25) is 0 Å². The Balaban J connectivity index is 2.16. The molecule has 0 aromatic carbocycles. The van der Waals surface area contributed by atoms with E-state index in [4.69, 9.17) is 23.2 Å². The molecule has 0 aliphatic rings. The SMILES string of the molecule is CCNc1cc(C(=O)N(C)Cc2ccc(Cl)s2)c(Cl)cn1. The second-order valence-electron chi connectivity index (χ2n) is 4.45. The molecule has 112 valence electrons. The van der Waals surface area contributed by atoms with Crippen molar-refractivity contribution in [1.82, 2.24) is 9.88 Å². The van der Waals surface area contributed by atoms with Crippen LogP contribution in [-0.2, 0) is 6.54 Å². The smallest absolute Gasteiger partial charge is 0.255 e. The van der Waals surface area contributed by atoms with E-state index in [1.54, 1.807) is 18.0 Å². The fraction of sp³-hybridized carbons (Fsp3) is 0.286. The minimum Gasteiger partial charge on any atom is -0.370 e. The Morgan fingerprint density at radius 3 is 2.81 bits per heavy atom. The molecule has 21 heavy (non-hydrogen) atoms. The van der Waals surface area contributed by atoms with E-state index in [0.717, 1.165) is 11.4 Å². The number of thiophene rings is 1. The van der Waals surface area contributed by atoms with Crippen LogP contribution >= 0.6 is 34.5 Å². The fourth-order valence-corrected chi connectivity index (χ4v) is 3.15. The number of amides is 1. The molecule has 2 rings (SSSR count). The average Bonchev–Trinajstić information content (AvgIpc) is 2.85. The molecule has 4 nitrogen and oxygen atoms in total. The molecule has 1 N–H and O–H groups in total. The summed E-state index contributed by atoms with van der Waals surface area (Å²) < 4.78 is 0.710.